The van der Waals surface area contributed by atoms with Gasteiger partial charge in [0.1, 0.15) is 0 Å². The Labute approximate surface area is 187 Å². The fourth-order valence-corrected chi connectivity index (χ4v) is 22.5. The number of allylic oxidation sites excluding steroid dienone is 4. The number of hydrogen-bond acceptors (Lipinski definition) is 4. The molecule has 0 aromatic heterocycles. The molecule has 2 aliphatic rings. The van der Waals surface area contributed by atoms with Gasteiger partial charge in [-0.2, -0.15) is 0 Å². The molecule has 29 heavy (non-hydrogen) atoms. The van der Waals surface area contributed by atoms with Crippen molar-refractivity contribution in [2.75, 3.05) is 0 Å². The Hall–Kier alpha value is 0.0844. The van der Waals surface area contributed by atoms with Gasteiger partial charge in [-0.1, -0.05) is 0 Å². The summed E-state index contributed by atoms with van der Waals surface area (Å²) >= 11 is 0. The molecule has 0 fully saturated rings. The van der Waals surface area contributed by atoms with Gasteiger partial charge in [0.25, 0.3) is 0 Å². The smallest absolute Gasteiger partial charge is 0.311 e. The van der Waals surface area contributed by atoms with Gasteiger partial charge < -0.3 is 17.1 Å². The first-order chi connectivity index (χ1) is 13.6. The second-order valence-corrected chi connectivity index (χ2v) is 24.2. The second-order valence-electron chi connectivity index (χ2n) is 9.74. The molecule has 0 unspecified atom stereocenters. The molecule has 0 atom stereocenters. The van der Waals surface area contributed by atoms with Gasteiger partial charge in [0.05, 0.1) is 11.5 Å². The van der Waals surface area contributed by atoms with Crippen LogP contribution in [-0.2, 0) is 17.1 Å². The normalized spacial score (nSPS) is 18.0. The van der Waals surface area contributed by atoms with E-state index in [1.807, 2.05) is 0 Å². The topological polar surface area (TPSA) is 36.9 Å². The number of rotatable bonds is 14. The molecule has 0 N–H and O–H groups in total. The highest BCUT2D eigenvalue weighted by atomic mass is 28.5. The minimum atomic E-state index is -2.12. The number of hydrogen-bond donors (Lipinski definition) is 0. The van der Waals surface area contributed by atoms with Crippen LogP contribution >= 0.6 is 0 Å². The lowest BCUT2D eigenvalue weighted by molar-refractivity contribution is 0.387. The van der Waals surface area contributed by atoms with E-state index >= 15 is 0 Å². The van der Waals surface area contributed by atoms with Crippen LogP contribution in [0, 0.1) is 0 Å². The molecule has 0 aromatic carbocycles. The summed E-state index contributed by atoms with van der Waals surface area (Å²) < 4.78 is 25.3. The van der Waals surface area contributed by atoms with Crippen molar-refractivity contribution in [3.05, 3.63) is 23.7 Å². The van der Waals surface area contributed by atoms with Crippen molar-refractivity contribution in [3.8, 4) is 0 Å². The van der Waals surface area contributed by atoms with Gasteiger partial charge in [0, 0.05) is 12.8 Å². The third-order valence-corrected chi connectivity index (χ3v) is 19.1. The predicted molar refractivity (Wildman–Crippen MR) is 131 cm³/mol. The lowest BCUT2D eigenvalue weighted by Gasteiger charge is -2.38. The van der Waals surface area contributed by atoms with Crippen LogP contribution in [0.25, 0.3) is 0 Å². The zero-order chi connectivity index (χ0) is 21.4. The third-order valence-electron chi connectivity index (χ3n) is 5.11. The van der Waals surface area contributed by atoms with Crippen molar-refractivity contribution in [1.82, 2.24) is 0 Å². The maximum absolute atomic E-state index is 6.71. The molecule has 0 amide bonds. The van der Waals surface area contributed by atoms with Gasteiger partial charge in [-0.3, -0.25) is 0 Å². The molecule has 0 saturated heterocycles. The van der Waals surface area contributed by atoms with E-state index in [2.05, 4.69) is 51.4 Å². The van der Waals surface area contributed by atoms with Crippen molar-refractivity contribution in [2.45, 2.75) is 102 Å². The van der Waals surface area contributed by atoms with E-state index in [0.717, 1.165) is 37.0 Å². The molecule has 2 rings (SSSR count). The fraction of sp³-hybridized carbons (Fsp3) is 0.800. The Morgan fingerprint density at radius 3 is 1.48 bits per heavy atom. The highest BCUT2D eigenvalue weighted by Gasteiger charge is 2.39. The van der Waals surface area contributed by atoms with Gasteiger partial charge in [-0.15, -0.1) is 0 Å². The summed E-state index contributed by atoms with van der Waals surface area (Å²) in [6, 6.07) is 4.50. The summed E-state index contributed by atoms with van der Waals surface area (Å²) in [6.07, 6.45) is 11.6. The van der Waals surface area contributed by atoms with E-state index in [1.165, 1.54) is 37.2 Å². The van der Waals surface area contributed by atoms with Crippen molar-refractivity contribution in [1.29, 1.82) is 0 Å². The lowest BCUT2D eigenvalue weighted by atomic mass is 10.4. The van der Waals surface area contributed by atoms with Crippen LogP contribution in [0.5, 0.6) is 0 Å². The maximum atomic E-state index is 6.71. The average Bonchev–Trinajstić information content (AvgIpc) is 3.27. The molecule has 164 valence electrons. The van der Waals surface area contributed by atoms with E-state index < -0.39 is 25.2 Å². The van der Waals surface area contributed by atoms with Crippen LogP contribution in [0.3, 0.4) is 0 Å². The van der Waals surface area contributed by atoms with Crippen molar-refractivity contribution in [2.24, 2.45) is 0 Å². The zero-order valence-electron chi connectivity index (χ0n) is 19.4. The first-order valence-corrected chi connectivity index (χ1v) is 22.4. The zero-order valence-corrected chi connectivity index (χ0v) is 24.4. The second kappa shape index (κ2) is 11.6. The minimum Gasteiger partial charge on any atom is -0.544 e. The highest BCUT2D eigenvalue weighted by molar-refractivity contribution is 6.88. The van der Waals surface area contributed by atoms with Gasteiger partial charge in [0.2, 0.25) is 0 Å². The van der Waals surface area contributed by atoms with E-state index in [0.29, 0.717) is 19.5 Å². The van der Waals surface area contributed by atoms with Crippen LogP contribution < -0.4 is 0 Å². The summed E-state index contributed by atoms with van der Waals surface area (Å²) in [7, 11) is -4.45. The van der Waals surface area contributed by atoms with Gasteiger partial charge in [0.15, 0.2) is 16.6 Å². The van der Waals surface area contributed by atoms with E-state index in [9.17, 15) is 0 Å². The van der Waals surface area contributed by atoms with Crippen molar-refractivity contribution >= 4 is 44.7 Å². The van der Waals surface area contributed by atoms with Crippen molar-refractivity contribution in [3.63, 3.8) is 0 Å². The largest absolute Gasteiger partial charge is 0.544 e. The quantitative estimate of drug-likeness (QED) is 0.212. The summed E-state index contributed by atoms with van der Waals surface area (Å²) in [5, 5.41) is 0. The molecule has 0 aliphatic heterocycles. The van der Waals surface area contributed by atoms with Crippen LogP contribution in [0.4, 0.5) is 0 Å². The van der Waals surface area contributed by atoms with Gasteiger partial charge in [-0.05, 0) is 101 Å². The van der Waals surface area contributed by atoms with E-state index in [-0.39, 0.29) is 0 Å². The van der Waals surface area contributed by atoms with Crippen LogP contribution in [0.15, 0.2) is 23.7 Å². The summed E-state index contributed by atoms with van der Waals surface area (Å²) in [5.41, 5.74) is 0. The summed E-state index contributed by atoms with van der Waals surface area (Å²) in [4.78, 5) is 0. The molecular weight excluding hydrogens is 445 g/mol. The molecule has 2 aliphatic carbocycles. The monoisotopic (exact) mass is 484 g/mol. The first kappa shape index (κ1) is 25.3. The molecule has 0 bridgehead atoms. The highest BCUT2D eigenvalue weighted by Crippen LogP contribution is 2.27. The molecule has 0 spiro atoms. The Balaban J connectivity index is 1.66. The maximum Gasteiger partial charge on any atom is 0.311 e. The van der Waals surface area contributed by atoms with Gasteiger partial charge in [-0.25, -0.2) is 0 Å². The molecule has 4 radical (unpaired) electrons. The Morgan fingerprint density at radius 2 is 1.14 bits per heavy atom. The Kier molecular flexibility index (Phi) is 10.2. The molecule has 0 aromatic rings. The SMILES string of the molecule is C[Si](C)(CC[Si]OC1=CCCC1)O[Si](C)(C)O[Si](C)(C)CC[Si]OC1=CCCC1. The Morgan fingerprint density at radius 1 is 0.724 bits per heavy atom. The van der Waals surface area contributed by atoms with E-state index in [1.54, 1.807) is 0 Å². The standard InChI is InChI=1S/C20H40O4Si5/c1-27(2,17-15-25-21-19-11-7-8-12-19)23-29(5,6)24-28(3,4)18-16-26-22-20-13-9-10-14-20/h11,13H,7-10,12,14-18H2,1-6H3. The first-order valence-electron chi connectivity index (χ1n) is 11.1. The molecule has 9 heteroatoms. The molecule has 0 saturated carbocycles. The predicted octanol–water partition coefficient (Wildman–Crippen LogP) is 6.38. The average molecular weight is 485 g/mol. The molecule has 4 nitrogen and oxygen atoms in total. The fourth-order valence-electron chi connectivity index (χ4n) is 3.91. The van der Waals surface area contributed by atoms with Crippen molar-refractivity contribution < 1.29 is 17.1 Å². The molecular formula is C20H40O4Si5. The lowest BCUT2D eigenvalue weighted by Crippen LogP contribution is -2.52. The van der Waals surface area contributed by atoms with Crippen LogP contribution in [0.2, 0.25) is 63.5 Å². The third kappa shape index (κ3) is 10.8. The van der Waals surface area contributed by atoms with Crippen LogP contribution in [-0.4, -0.2) is 44.7 Å². The van der Waals surface area contributed by atoms with Gasteiger partial charge >= 0.3 is 28.1 Å². The van der Waals surface area contributed by atoms with E-state index in [4.69, 9.17) is 17.1 Å². The molecule has 0 heterocycles. The van der Waals surface area contributed by atoms with Crippen LogP contribution in [0.1, 0.15) is 38.5 Å². The summed E-state index contributed by atoms with van der Waals surface area (Å²) in [6.45, 7) is 13.8. The minimum absolute atomic E-state index is 0.570. The summed E-state index contributed by atoms with van der Waals surface area (Å²) in [5.74, 6) is 2.42. The Bertz CT molecular complexity index is 527.